The van der Waals surface area contributed by atoms with E-state index >= 15 is 0 Å². The van der Waals surface area contributed by atoms with Crippen LogP contribution < -0.4 is 11.1 Å². The molecule has 1 rings (SSSR count). The molecule has 1 aromatic rings. The number of carbonyl (C=O) groups excluding carboxylic acids is 1. The molecule has 88 valence electrons. The van der Waals surface area contributed by atoms with E-state index < -0.39 is 11.6 Å². The zero-order valence-corrected chi connectivity index (χ0v) is 9.54. The van der Waals surface area contributed by atoms with Gasteiger partial charge in [0, 0.05) is 24.9 Å². The van der Waals surface area contributed by atoms with Crippen molar-refractivity contribution in [2.24, 2.45) is 0 Å². The highest BCUT2D eigenvalue weighted by Gasteiger charge is 2.11. The van der Waals surface area contributed by atoms with Crippen molar-refractivity contribution in [2.45, 2.75) is 11.3 Å². The molecule has 6 heteroatoms. The third-order valence-electron chi connectivity index (χ3n) is 1.87. The monoisotopic (exact) mass is 246 g/mol. The first-order chi connectivity index (χ1) is 7.54. The second-order valence-electron chi connectivity index (χ2n) is 3.09. The Labute approximate surface area is 96.4 Å². The summed E-state index contributed by atoms with van der Waals surface area (Å²) in [5.41, 5.74) is 5.32. The molecule has 0 saturated heterocycles. The summed E-state index contributed by atoms with van der Waals surface area (Å²) in [6.45, 7) is 0. The Kier molecular flexibility index (Phi) is 4.54. The Hall–Kier alpha value is -1.30. The summed E-state index contributed by atoms with van der Waals surface area (Å²) < 4.78 is 26.6. The van der Waals surface area contributed by atoms with Gasteiger partial charge in [-0.15, -0.1) is 11.8 Å². The second-order valence-corrected chi connectivity index (χ2v) is 4.19. The molecule has 1 aromatic carbocycles. The predicted molar refractivity (Wildman–Crippen MR) is 60.2 cm³/mol. The van der Waals surface area contributed by atoms with Crippen molar-refractivity contribution in [1.82, 2.24) is 5.32 Å². The topological polar surface area (TPSA) is 55.1 Å². The zero-order valence-electron chi connectivity index (χ0n) is 8.72. The molecule has 0 spiro atoms. The number of hydrogen-bond donors (Lipinski definition) is 2. The number of amides is 1. The van der Waals surface area contributed by atoms with Crippen LogP contribution in [0.3, 0.4) is 0 Å². The quantitative estimate of drug-likeness (QED) is 0.629. The zero-order chi connectivity index (χ0) is 12.1. The van der Waals surface area contributed by atoms with Crippen molar-refractivity contribution in [3.63, 3.8) is 0 Å². The number of rotatable bonds is 4. The number of halogens is 2. The van der Waals surface area contributed by atoms with E-state index in [0.717, 1.165) is 23.9 Å². The molecular formula is C10H12F2N2OS. The van der Waals surface area contributed by atoms with E-state index in [1.165, 1.54) is 7.05 Å². The summed E-state index contributed by atoms with van der Waals surface area (Å²) in [6.07, 6.45) is 0.213. The van der Waals surface area contributed by atoms with Gasteiger partial charge in [0.25, 0.3) is 0 Å². The minimum absolute atomic E-state index is 0.0469. The number of nitrogens with two attached hydrogens (primary N) is 1. The number of thioether (sulfide) groups is 1. The van der Waals surface area contributed by atoms with Crippen LogP contribution in [0.25, 0.3) is 0 Å². The van der Waals surface area contributed by atoms with Crippen LogP contribution in [0.5, 0.6) is 0 Å². The van der Waals surface area contributed by atoms with Crippen LogP contribution >= 0.6 is 11.8 Å². The summed E-state index contributed by atoms with van der Waals surface area (Å²) in [5.74, 6) is -1.24. The summed E-state index contributed by atoms with van der Waals surface area (Å²) in [7, 11) is 1.51. The minimum atomic E-state index is -0.695. The van der Waals surface area contributed by atoms with Crippen LogP contribution in [0.15, 0.2) is 17.0 Å². The summed E-state index contributed by atoms with van der Waals surface area (Å²) in [6, 6.07) is 2.12. The number of nitrogens with one attached hydrogen (secondary N) is 1. The molecule has 16 heavy (non-hydrogen) atoms. The lowest BCUT2D eigenvalue weighted by molar-refractivity contribution is -0.120. The largest absolute Gasteiger partial charge is 0.399 e. The Balaban J connectivity index is 2.64. The van der Waals surface area contributed by atoms with Gasteiger partial charge in [-0.25, -0.2) is 8.78 Å². The predicted octanol–water partition coefficient (Wildman–Crippen LogP) is 1.78. The molecule has 0 saturated carbocycles. The van der Waals surface area contributed by atoms with Gasteiger partial charge in [0.1, 0.15) is 11.6 Å². The normalized spacial score (nSPS) is 10.2. The minimum Gasteiger partial charge on any atom is -0.399 e. The lowest BCUT2D eigenvalue weighted by atomic mass is 10.3. The van der Waals surface area contributed by atoms with Gasteiger partial charge in [-0.1, -0.05) is 0 Å². The first-order valence-electron chi connectivity index (χ1n) is 4.62. The first kappa shape index (κ1) is 12.8. The fraction of sp³-hybridized carbons (Fsp3) is 0.300. The molecule has 0 aliphatic rings. The highest BCUT2D eigenvalue weighted by Crippen LogP contribution is 2.27. The average Bonchev–Trinajstić information content (AvgIpc) is 2.21. The van der Waals surface area contributed by atoms with Gasteiger partial charge >= 0.3 is 0 Å². The molecule has 0 atom stereocenters. The summed E-state index contributed by atoms with van der Waals surface area (Å²) in [4.78, 5) is 10.8. The van der Waals surface area contributed by atoms with Gasteiger partial charge in [0.2, 0.25) is 5.91 Å². The Morgan fingerprint density at radius 1 is 1.44 bits per heavy atom. The van der Waals surface area contributed by atoms with Gasteiger partial charge in [0.15, 0.2) is 0 Å². The fourth-order valence-electron chi connectivity index (χ4n) is 1.09. The van der Waals surface area contributed by atoms with E-state index in [9.17, 15) is 13.6 Å². The SMILES string of the molecule is CNC(=O)CCSc1c(F)cc(N)cc1F. The van der Waals surface area contributed by atoms with Crippen LogP contribution in [-0.4, -0.2) is 18.7 Å². The van der Waals surface area contributed by atoms with Gasteiger partial charge in [-0.2, -0.15) is 0 Å². The maximum atomic E-state index is 13.3. The third-order valence-corrected chi connectivity index (χ3v) is 2.96. The van der Waals surface area contributed by atoms with Gasteiger partial charge in [0.05, 0.1) is 4.90 Å². The molecule has 0 radical (unpaired) electrons. The molecule has 0 fully saturated rings. The van der Waals surface area contributed by atoms with Gasteiger partial charge < -0.3 is 11.1 Å². The fourth-order valence-corrected chi connectivity index (χ4v) is 1.97. The molecule has 0 aliphatic carbocycles. The standard InChI is InChI=1S/C10H12F2N2OS/c1-14-9(15)2-3-16-10-7(11)4-6(13)5-8(10)12/h4-5H,2-3,13H2,1H3,(H,14,15). The maximum absolute atomic E-state index is 13.3. The lowest BCUT2D eigenvalue weighted by Crippen LogP contribution is -2.17. The summed E-state index contributed by atoms with van der Waals surface area (Å²) in [5, 5.41) is 2.43. The van der Waals surface area contributed by atoms with Crippen molar-refractivity contribution in [3.05, 3.63) is 23.8 Å². The number of hydrogen-bond acceptors (Lipinski definition) is 3. The number of carbonyl (C=O) groups is 1. The molecule has 0 aromatic heterocycles. The van der Waals surface area contributed by atoms with Crippen LogP contribution in [0, 0.1) is 11.6 Å². The lowest BCUT2D eigenvalue weighted by Gasteiger charge is -2.05. The average molecular weight is 246 g/mol. The molecule has 3 N–H and O–H groups in total. The van der Waals surface area contributed by atoms with Gasteiger partial charge in [-0.05, 0) is 12.1 Å². The van der Waals surface area contributed by atoms with Crippen LogP contribution in [-0.2, 0) is 4.79 Å². The highest BCUT2D eigenvalue weighted by molar-refractivity contribution is 7.99. The molecule has 0 aliphatic heterocycles. The van der Waals surface area contributed by atoms with Crippen molar-refractivity contribution < 1.29 is 13.6 Å². The van der Waals surface area contributed by atoms with Crippen molar-refractivity contribution in [2.75, 3.05) is 18.5 Å². The first-order valence-corrected chi connectivity index (χ1v) is 5.61. The van der Waals surface area contributed by atoms with E-state index in [1.54, 1.807) is 0 Å². The number of nitrogen functional groups attached to an aromatic ring is 1. The van der Waals surface area contributed by atoms with E-state index in [2.05, 4.69) is 5.32 Å². The van der Waals surface area contributed by atoms with Crippen LogP contribution in [0.1, 0.15) is 6.42 Å². The molecule has 0 heterocycles. The van der Waals surface area contributed by atoms with E-state index in [0.29, 0.717) is 5.75 Å². The molecule has 3 nitrogen and oxygen atoms in total. The third kappa shape index (κ3) is 3.37. The molecule has 0 bridgehead atoms. The molecular weight excluding hydrogens is 234 g/mol. The molecule has 1 amide bonds. The van der Waals surface area contributed by atoms with Gasteiger partial charge in [-0.3, -0.25) is 4.79 Å². The highest BCUT2D eigenvalue weighted by atomic mass is 32.2. The Morgan fingerprint density at radius 2 is 2.00 bits per heavy atom. The van der Waals surface area contributed by atoms with Crippen LogP contribution in [0.2, 0.25) is 0 Å². The Morgan fingerprint density at radius 3 is 2.50 bits per heavy atom. The molecule has 0 unspecified atom stereocenters. The Bertz CT molecular complexity index is 375. The van der Waals surface area contributed by atoms with Crippen LogP contribution in [0.4, 0.5) is 14.5 Å². The number of benzene rings is 1. The van der Waals surface area contributed by atoms with E-state index in [1.807, 2.05) is 0 Å². The number of anilines is 1. The van der Waals surface area contributed by atoms with Crippen molar-refractivity contribution in [1.29, 1.82) is 0 Å². The van der Waals surface area contributed by atoms with Crippen molar-refractivity contribution in [3.8, 4) is 0 Å². The van der Waals surface area contributed by atoms with Crippen molar-refractivity contribution >= 4 is 23.4 Å². The smallest absolute Gasteiger partial charge is 0.220 e. The van der Waals surface area contributed by atoms with E-state index in [-0.39, 0.29) is 22.9 Å². The second kappa shape index (κ2) is 5.69. The maximum Gasteiger partial charge on any atom is 0.220 e. The van der Waals surface area contributed by atoms with E-state index in [4.69, 9.17) is 5.73 Å². The summed E-state index contributed by atoms with van der Waals surface area (Å²) >= 11 is 0.960.